The maximum atomic E-state index is 13.8. The number of halogens is 1. The second-order valence-electron chi connectivity index (χ2n) is 8.20. The zero-order valence-electron chi connectivity index (χ0n) is 19.7. The van der Waals surface area contributed by atoms with Gasteiger partial charge in [0, 0.05) is 18.6 Å². The molecule has 0 radical (unpaired) electrons. The van der Waals surface area contributed by atoms with Crippen LogP contribution in [-0.4, -0.2) is 35.9 Å². The first-order valence-electron chi connectivity index (χ1n) is 11.1. The molecule has 1 heterocycles. The number of aromatic nitrogens is 2. The summed E-state index contributed by atoms with van der Waals surface area (Å²) in [5.41, 5.74) is 1.16. The Morgan fingerprint density at radius 3 is 2.40 bits per heavy atom. The van der Waals surface area contributed by atoms with Gasteiger partial charge in [-0.1, -0.05) is 41.9 Å². The highest BCUT2D eigenvalue weighted by Crippen LogP contribution is 2.28. The monoisotopic (exact) mass is 511 g/mol. The lowest BCUT2D eigenvalue weighted by Crippen LogP contribution is -2.38. The average Bonchev–Trinajstić information content (AvgIpc) is 2.86. The molecular formula is C26H26ClN3O4S. The number of methoxy groups -OCH3 is 1. The van der Waals surface area contributed by atoms with Crippen LogP contribution in [0.15, 0.2) is 82.5 Å². The number of benzene rings is 3. The molecule has 0 spiro atoms. The lowest BCUT2D eigenvalue weighted by molar-refractivity contribution is 0.327. The molecule has 1 atom stereocenters. The molecule has 0 aliphatic heterocycles. The Kier molecular flexibility index (Phi) is 7.25. The molecular weight excluding hydrogens is 486 g/mol. The fourth-order valence-electron chi connectivity index (χ4n) is 4.05. The van der Waals surface area contributed by atoms with Crippen LogP contribution < -0.4 is 10.3 Å². The van der Waals surface area contributed by atoms with E-state index in [4.69, 9.17) is 16.3 Å². The molecule has 7 nitrogen and oxygen atoms in total. The number of hydrogen-bond acceptors (Lipinski definition) is 5. The molecule has 182 valence electrons. The lowest BCUT2D eigenvalue weighted by atomic mass is 10.1. The molecule has 0 saturated carbocycles. The second-order valence-corrected chi connectivity index (χ2v) is 10.5. The molecule has 0 fully saturated rings. The molecule has 9 heteroatoms. The summed E-state index contributed by atoms with van der Waals surface area (Å²) in [6.07, 6.45) is 0.494. The number of ether oxygens (including phenoxy) is 1. The molecule has 0 saturated heterocycles. The van der Waals surface area contributed by atoms with Gasteiger partial charge in [0.15, 0.2) is 0 Å². The minimum atomic E-state index is -3.94. The van der Waals surface area contributed by atoms with Crippen LogP contribution in [0.1, 0.15) is 24.4 Å². The summed E-state index contributed by atoms with van der Waals surface area (Å²) in [5, 5.41) is 0.866. The van der Waals surface area contributed by atoms with Crippen LogP contribution in [0.3, 0.4) is 0 Å². The Balaban J connectivity index is 1.80. The van der Waals surface area contributed by atoms with Crippen molar-refractivity contribution in [2.75, 3.05) is 13.7 Å². The Bertz CT molecular complexity index is 1500. The largest absolute Gasteiger partial charge is 0.497 e. The van der Waals surface area contributed by atoms with Crippen LogP contribution in [0.5, 0.6) is 5.75 Å². The van der Waals surface area contributed by atoms with Gasteiger partial charge >= 0.3 is 0 Å². The van der Waals surface area contributed by atoms with Crippen LogP contribution in [0.2, 0.25) is 5.02 Å². The SMILES string of the molecule is COc1ccc(S(=O)(=O)N(CCc2ccccc2)C(C)c2nc3cc(Cl)ccc3c(=O)n2C)cc1. The Hall–Kier alpha value is -3.20. The molecule has 4 rings (SSSR count). The van der Waals surface area contributed by atoms with Gasteiger partial charge in [-0.2, -0.15) is 4.31 Å². The topological polar surface area (TPSA) is 81.5 Å². The third-order valence-corrected chi connectivity index (χ3v) is 8.23. The van der Waals surface area contributed by atoms with E-state index >= 15 is 0 Å². The predicted octanol–water partition coefficient (Wildman–Crippen LogP) is 4.59. The molecule has 0 aliphatic carbocycles. The summed E-state index contributed by atoms with van der Waals surface area (Å²) in [7, 11) is -0.813. The van der Waals surface area contributed by atoms with E-state index < -0.39 is 16.1 Å². The van der Waals surface area contributed by atoms with Gasteiger partial charge in [-0.25, -0.2) is 13.4 Å². The zero-order valence-corrected chi connectivity index (χ0v) is 21.3. The first-order valence-corrected chi connectivity index (χ1v) is 12.9. The number of nitrogens with zero attached hydrogens (tertiary/aromatic N) is 3. The van der Waals surface area contributed by atoms with Crippen molar-refractivity contribution < 1.29 is 13.2 Å². The molecule has 0 aliphatic rings. The fraction of sp³-hybridized carbons (Fsp3) is 0.231. The first kappa shape index (κ1) is 24.9. The highest BCUT2D eigenvalue weighted by Gasteiger charge is 2.32. The summed E-state index contributed by atoms with van der Waals surface area (Å²) in [6, 6.07) is 20.1. The highest BCUT2D eigenvalue weighted by atomic mass is 35.5. The standard InChI is InChI=1S/C26H26ClN3O4S/c1-18(25-28-24-17-20(27)9-14-23(24)26(31)29(25)2)30(16-15-19-7-5-4-6-8-19)35(32,33)22-12-10-21(34-3)11-13-22/h4-14,17-18H,15-16H2,1-3H3. The van der Waals surface area contributed by atoms with Crippen LogP contribution in [-0.2, 0) is 23.5 Å². The van der Waals surface area contributed by atoms with Crippen LogP contribution in [0.25, 0.3) is 10.9 Å². The minimum absolute atomic E-state index is 0.132. The van der Waals surface area contributed by atoms with Crippen molar-refractivity contribution in [3.8, 4) is 5.75 Å². The number of sulfonamides is 1. The normalized spacial score (nSPS) is 12.7. The van der Waals surface area contributed by atoms with E-state index in [1.54, 1.807) is 44.3 Å². The van der Waals surface area contributed by atoms with Crippen LogP contribution in [0.4, 0.5) is 0 Å². The zero-order chi connectivity index (χ0) is 25.2. The van der Waals surface area contributed by atoms with Gasteiger partial charge < -0.3 is 4.74 Å². The quantitative estimate of drug-likeness (QED) is 0.345. The predicted molar refractivity (Wildman–Crippen MR) is 137 cm³/mol. The summed E-state index contributed by atoms with van der Waals surface area (Å²) < 4.78 is 35.6. The van der Waals surface area contributed by atoms with Crippen molar-refractivity contribution in [3.63, 3.8) is 0 Å². The molecule has 3 aromatic carbocycles. The van der Waals surface area contributed by atoms with Gasteiger partial charge in [0.2, 0.25) is 10.0 Å². The summed E-state index contributed by atoms with van der Waals surface area (Å²) in [4.78, 5) is 17.8. The molecule has 0 amide bonds. The van der Waals surface area contributed by atoms with E-state index in [1.165, 1.54) is 28.1 Å². The van der Waals surface area contributed by atoms with E-state index in [1.807, 2.05) is 30.3 Å². The summed E-state index contributed by atoms with van der Waals surface area (Å²) >= 11 is 6.13. The van der Waals surface area contributed by atoms with Crippen LogP contribution in [0, 0.1) is 0 Å². The molecule has 1 unspecified atom stereocenters. The van der Waals surface area contributed by atoms with E-state index in [9.17, 15) is 13.2 Å². The number of fused-ring (bicyclic) bond motifs is 1. The average molecular weight is 512 g/mol. The van der Waals surface area contributed by atoms with Gasteiger partial charge in [-0.3, -0.25) is 9.36 Å². The van der Waals surface area contributed by atoms with Crippen LogP contribution >= 0.6 is 11.6 Å². The molecule has 4 aromatic rings. The molecule has 0 N–H and O–H groups in total. The van der Waals surface area contributed by atoms with Crippen molar-refractivity contribution >= 4 is 32.5 Å². The highest BCUT2D eigenvalue weighted by molar-refractivity contribution is 7.89. The van der Waals surface area contributed by atoms with Gasteiger partial charge in [0.25, 0.3) is 5.56 Å². The van der Waals surface area contributed by atoms with Gasteiger partial charge in [-0.05, 0) is 61.4 Å². The Morgan fingerprint density at radius 1 is 1.06 bits per heavy atom. The number of rotatable bonds is 8. The van der Waals surface area contributed by atoms with Crippen molar-refractivity contribution in [3.05, 3.63) is 99.6 Å². The second kappa shape index (κ2) is 10.2. The maximum absolute atomic E-state index is 13.8. The first-order chi connectivity index (χ1) is 16.7. The summed E-state index contributed by atoms with van der Waals surface area (Å²) in [5.74, 6) is 0.887. The van der Waals surface area contributed by atoms with Crippen molar-refractivity contribution in [2.24, 2.45) is 7.05 Å². The molecule has 1 aromatic heterocycles. The lowest BCUT2D eigenvalue weighted by Gasteiger charge is -2.29. The van der Waals surface area contributed by atoms with Crippen molar-refractivity contribution in [1.82, 2.24) is 13.9 Å². The van der Waals surface area contributed by atoms with E-state index in [2.05, 4.69) is 4.98 Å². The van der Waals surface area contributed by atoms with Gasteiger partial charge in [-0.15, -0.1) is 0 Å². The molecule has 0 bridgehead atoms. The minimum Gasteiger partial charge on any atom is -0.497 e. The van der Waals surface area contributed by atoms with Crippen molar-refractivity contribution in [1.29, 1.82) is 0 Å². The van der Waals surface area contributed by atoms with Gasteiger partial charge in [0.05, 0.1) is 29.0 Å². The van der Waals surface area contributed by atoms with E-state index in [0.29, 0.717) is 33.9 Å². The fourth-order valence-corrected chi connectivity index (χ4v) is 5.81. The summed E-state index contributed by atoms with van der Waals surface area (Å²) in [6.45, 7) is 1.94. The maximum Gasteiger partial charge on any atom is 0.261 e. The van der Waals surface area contributed by atoms with Crippen molar-refractivity contribution in [2.45, 2.75) is 24.3 Å². The Labute approximate surface area is 209 Å². The van der Waals surface area contributed by atoms with E-state index in [-0.39, 0.29) is 17.0 Å². The van der Waals surface area contributed by atoms with E-state index in [0.717, 1.165) is 5.56 Å². The molecule has 35 heavy (non-hydrogen) atoms. The Morgan fingerprint density at radius 2 is 1.74 bits per heavy atom. The third kappa shape index (κ3) is 5.10. The third-order valence-electron chi connectivity index (χ3n) is 6.01. The smallest absolute Gasteiger partial charge is 0.261 e. The van der Waals surface area contributed by atoms with Gasteiger partial charge in [0.1, 0.15) is 11.6 Å². The number of hydrogen-bond donors (Lipinski definition) is 0.